The van der Waals surface area contributed by atoms with E-state index < -0.39 is 0 Å². The number of rotatable bonds is 4. The summed E-state index contributed by atoms with van der Waals surface area (Å²) in [5.41, 5.74) is 4.38. The summed E-state index contributed by atoms with van der Waals surface area (Å²) in [7, 11) is 0. The smallest absolute Gasteiger partial charge is 0.277 e. The van der Waals surface area contributed by atoms with E-state index in [4.69, 9.17) is 4.74 Å². The number of aryl methyl sites for hydroxylation is 1. The van der Waals surface area contributed by atoms with Gasteiger partial charge < -0.3 is 4.74 Å². The standard InChI is InChI=1S/C18H16N2O2/c1-15-9-11-17(12-10-15)22-14-18(21)20-19-13-5-8-16-6-3-2-4-7-16/h2-4,6-7,9-13H,14H2,1H3,(H,20,21)/b19-13-. The Balaban J connectivity index is 1.72. The van der Waals surface area contributed by atoms with Crippen LogP contribution in [0.4, 0.5) is 0 Å². The first-order valence-corrected chi connectivity index (χ1v) is 6.80. The van der Waals surface area contributed by atoms with Crippen molar-refractivity contribution < 1.29 is 9.53 Å². The Bertz CT molecular complexity index is 695. The molecule has 4 heteroatoms. The van der Waals surface area contributed by atoms with Crippen LogP contribution in [0, 0.1) is 18.8 Å². The third kappa shape index (κ3) is 5.51. The number of hydrogen-bond acceptors (Lipinski definition) is 3. The minimum Gasteiger partial charge on any atom is -0.484 e. The number of carbonyl (C=O) groups excluding carboxylic acids is 1. The molecule has 0 unspecified atom stereocenters. The molecule has 0 spiro atoms. The van der Waals surface area contributed by atoms with Crippen LogP contribution < -0.4 is 10.2 Å². The van der Waals surface area contributed by atoms with Crippen LogP contribution in [0.15, 0.2) is 59.7 Å². The second kappa shape index (κ2) is 8.28. The van der Waals surface area contributed by atoms with E-state index in [0.717, 1.165) is 11.1 Å². The SMILES string of the molecule is Cc1ccc(OCC(=O)N/N=C\C#Cc2ccccc2)cc1. The predicted molar refractivity (Wildman–Crippen MR) is 86.6 cm³/mol. The normalized spacial score (nSPS) is 9.86. The molecular formula is C18H16N2O2. The second-order valence-corrected chi connectivity index (χ2v) is 4.53. The van der Waals surface area contributed by atoms with Crippen LogP contribution in [0.25, 0.3) is 0 Å². The minimum atomic E-state index is -0.335. The van der Waals surface area contributed by atoms with E-state index in [0.29, 0.717) is 5.75 Å². The lowest BCUT2D eigenvalue weighted by molar-refractivity contribution is -0.123. The molecule has 4 nitrogen and oxygen atoms in total. The van der Waals surface area contributed by atoms with Gasteiger partial charge in [0.05, 0.1) is 6.21 Å². The maximum atomic E-state index is 11.5. The van der Waals surface area contributed by atoms with Gasteiger partial charge in [-0.2, -0.15) is 5.10 Å². The number of hydrogen-bond donors (Lipinski definition) is 1. The summed E-state index contributed by atoms with van der Waals surface area (Å²) < 4.78 is 5.33. The van der Waals surface area contributed by atoms with Crippen molar-refractivity contribution in [2.45, 2.75) is 6.92 Å². The van der Waals surface area contributed by atoms with Gasteiger partial charge in [-0.25, -0.2) is 5.43 Å². The zero-order valence-corrected chi connectivity index (χ0v) is 12.2. The van der Waals surface area contributed by atoms with Crippen molar-refractivity contribution in [3.63, 3.8) is 0 Å². The quantitative estimate of drug-likeness (QED) is 0.535. The fourth-order valence-electron chi connectivity index (χ4n) is 1.59. The summed E-state index contributed by atoms with van der Waals surface area (Å²) in [6.07, 6.45) is 1.34. The van der Waals surface area contributed by atoms with Crippen LogP contribution in [0.2, 0.25) is 0 Å². The van der Waals surface area contributed by atoms with E-state index in [1.54, 1.807) is 0 Å². The summed E-state index contributed by atoms with van der Waals surface area (Å²) in [5.74, 6) is 5.95. The third-order valence-corrected chi connectivity index (χ3v) is 2.70. The number of nitrogens with zero attached hydrogens (tertiary/aromatic N) is 1. The highest BCUT2D eigenvalue weighted by Gasteiger charge is 2.00. The van der Waals surface area contributed by atoms with Crippen LogP contribution >= 0.6 is 0 Å². The van der Waals surface area contributed by atoms with Gasteiger partial charge in [-0.1, -0.05) is 41.8 Å². The van der Waals surface area contributed by atoms with Gasteiger partial charge in [-0.05, 0) is 37.1 Å². The molecule has 0 atom stereocenters. The molecule has 0 heterocycles. The van der Waals surface area contributed by atoms with Crippen molar-refractivity contribution in [3.8, 4) is 17.6 Å². The maximum Gasteiger partial charge on any atom is 0.277 e. The zero-order valence-electron chi connectivity index (χ0n) is 12.2. The highest BCUT2D eigenvalue weighted by atomic mass is 16.5. The van der Waals surface area contributed by atoms with Gasteiger partial charge in [0, 0.05) is 5.56 Å². The minimum absolute atomic E-state index is 0.0908. The first kappa shape index (κ1) is 15.3. The lowest BCUT2D eigenvalue weighted by Crippen LogP contribution is -2.24. The average molecular weight is 292 g/mol. The molecule has 0 radical (unpaired) electrons. The summed E-state index contributed by atoms with van der Waals surface area (Å²) >= 11 is 0. The Labute approximate surface area is 129 Å². The molecule has 0 aliphatic carbocycles. The molecule has 0 aliphatic heterocycles. The van der Waals surface area contributed by atoms with Crippen LogP contribution in [-0.2, 0) is 4.79 Å². The fraction of sp³-hybridized carbons (Fsp3) is 0.111. The van der Waals surface area contributed by atoms with Crippen LogP contribution in [0.3, 0.4) is 0 Å². The average Bonchev–Trinajstić information content (AvgIpc) is 2.55. The second-order valence-electron chi connectivity index (χ2n) is 4.53. The predicted octanol–water partition coefficient (Wildman–Crippen LogP) is 2.53. The highest BCUT2D eigenvalue weighted by molar-refractivity contribution is 5.82. The number of nitrogens with one attached hydrogen (secondary N) is 1. The van der Waals surface area contributed by atoms with Crippen LogP contribution in [0.1, 0.15) is 11.1 Å². The number of amides is 1. The first-order chi connectivity index (χ1) is 10.7. The Hall–Kier alpha value is -3.06. The molecule has 110 valence electrons. The lowest BCUT2D eigenvalue weighted by atomic mass is 10.2. The molecule has 2 rings (SSSR count). The Morgan fingerprint density at radius 3 is 2.64 bits per heavy atom. The van der Waals surface area contributed by atoms with E-state index in [1.165, 1.54) is 6.21 Å². The van der Waals surface area contributed by atoms with Crippen molar-refractivity contribution >= 4 is 12.1 Å². The van der Waals surface area contributed by atoms with Crippen molar-refractivity contribution in [1.82, 2.24) is 5.43 Å². The summed E-state index contributed by atoms with van der Waals surface area (Å²) in [6, 6.07) is 17.0. The van der Waals surface area contributed by atoms with Gasteiger partial charge in [0.2, 0.25) is 0 Å². The van der Waals surface area contributed by atoms with E-state index in [1.807, 2.05) is 61.5 Å². The molecular weight excluding hydrogens is 276 g/mol. The highest BCUT2D eigenvalue weighted by Crippen LogP contribution is 2.10. The molecule has 0 fully saturated rings. The van der Waals surface area contributed by atoms with Gasteiger partial charge in [-0.15, -0.1) is 0 Å². The third-order valence-electron chi connectivity index (χ3n) is 2.70. The van der Waals surface area contributed by atoms with Gasteiger partial charge in [-0.3, -0.25) is 4.79 Å². The summed E-state index contributed by atoms with van der Waals surface area (Å²) in [6.45, 7) is 1.90. The lowest BCUT2D eigenvalue weighted by Gasteiger charge is -2.04. The number of benzene rings is 2. The molecule has 1 amide bonds. The number of hydrazone groups is 1. The summed E-state index contributed by atoms with van der Waals surface area (Å²) in [5, 5.41) is 3.73. The summed E-state index contributed by atoms with van der Waals surface area (Å²) in [4.78, 5) is 11.5. The molecule has 2 aromatic carbocycles. The Morgan fingerprint density at radius 1 is 1.18 bits per heavy atom. The maximum absolute atomic E-state index is 11.5. The van der Waals surface area contributed by atoms with Crippen molar-refractivity contribution in [1.29, 1.82) is 0 Å². The topological polar surface area (TPSA) is 50.7 Å². The molecule has 2 aromatic rings. The van der Waals surface area contributed by atoms with Gasteiger partial charge >= 0.3 is 0 Å². The van der Waals surface area contributed by atoms with Crippen molar-refractivity contribution in [2.24, 2.45) is 5.10 Å². The van der Waals surface area contributed by atoms with E-state index in [9.17, 15) is 4.79 Å². The van der Waals surface area contributed by atoms with E-state index in [2.05, 4.69) is 22.4 Å². The van der Waals surface area contributed by atoms with E-state index >= 15 is 0 Å². The molecule has 0 aromatic heterocycles. The monoisotopic (exact) mass is 292 g/mol. The Kier molecular flexibility index (Phi) is 5.77. The molecule has 0 bridgehead atoms. The zero-order chi connectivity index (χ0) is 15.6. The number of carbonyl (C=O) groups is 1. The molecule has 0 saturated heterocycles. The largest absolute Gasteiger partial charge is 0.484 e. The Morgan fingerprint density at radius 2 is 1.91 bits per heavy atom. The number of ether oxygens (including phenoxy) is 1. The molecule has 22 heavy (non-hydrogen) atoms. The van der Waals surface area contributed by atoms with Gasteiger partial charge in [0.25, 0.3) is 5.91 Å². The van der Waals surface area contributed by atoms with Crippen LogP contribution in [-0.4, -0.2) is 18.7 Å². The van der Waals surface area contributed by atoms with Crippen LogP contribution in [0.5, 0.6) is 5.75 Å². The van der Waals surface area contributed by atoms with Gasteiger partial charge in [0.1, 0.15) is 5.75 Å². The molecule has 0 saturated carbocycles. The first-order valence-electron chi connectivity index (χ1n) is 6.80. The molecule has 1 N–H and O–H groups in total. The fourth-order valence-corrected chi connectivity index (χ4v) is 1.59. The van der Waals surface area contributed by atoms with Crippen molar-refractivity contribution in [2.75, 3.05) is 6.61 Å². The van der Waals surface area contributed by atoms with Crippen molar-refractivity contribution in [3.05, 3.63) is 65.7 Å². The van der Waals surface area contributed by atoms with E-state index in [-0.39, 0.29) is 12.5 Å². The molecule has 0 aliphatic rings. The van der Waals surface area contributed by atoms with Gasteiger partial charge in [0.15, 0.2) is 6.61 Å².